The lowest BCUT2D eigenvalue weighted by atomic mass is 10.2. The first-order chi connectivity index (χ1) is 9.10. The normalized spacial score (nSPS) is 10.2. The van der Waals surface area contributed by atoms with Gasteiger partial charge in [0, 0.05) is 24.2 Å². The molecule has 2 aromatic rings. The second kappa shape index (κ2) is 5.50. The number of nitrogens with two attached hydrogens (primary N) is 1. The number of hydrogen-bond acceptors (Lipinski definition) is 7. The summed E-state index contributed by atoms with van der Waals surface area (Å²) in [5.41, 5.74) is 5.61. The molecule has 0 radical (unpaired) electrons. The van der Waals surface area contributed by atoms with Crippen LogP contribution in [0.15, 0.2) is 24.3 Å². The monoisotopic (exact) mass is 279 g/mol. The van der Waals surface area contributed by atoms with Gasteiger partial charge in [0.15, 0.2) is 0 Å². The van der Waals surface area contributed by atoms with Crippen LogP contribution in [0.3, 0.4) is 0 Å². The van der Waals surface area contributed by atoms with Gasteiger partial charge in [-0.1, -0.05) is 11.3 Å². The van der Waals surface area contributed by atoms with Crippen LogP contribution in [0.1, 0.15) is 15.4 Å². The Morgan fingerprint density at radius 2 is 2.05 bits per heavy atom. The number of carbonyl (C=O) groups excluding carboxylic acids is 1. The van der Waals surface area contributed by atoms with Crippen molar-refractivity contribution in [3.05, 3.63) is 45.0 Å². The Hall–Kier alpha value is -2.39. The van der Waals surface area contributed by atoms with E-state index in [9.17, 15) is 14.9 Å². The minimum absolute atomic E-state index is 0.0714. The van der Waals surface area contributed by atoms with Gasteiger partial charge in [-0.15, -0.1) is 10.2 Å². The fraction of sp³-hybridized carbons (Fsp3) is 0.100. The van der Waals surface area contributed by atoms with E-state index in [1.54, 1.807) is 0 Å². The van der Waals surface area contributed by atoms with Crippen LogP contribution in [0.5, 0.6) is 0 Å². The number of carbonyl (C=O) groups is 1. The quantitative estimate of drug-likeness (QED) is 0.639. The van der Waals surface area contributed by atoms with E-state index >= 15 is 0 Å². The van der Waals surface area contributed by atoms with E-state index in [0.717, 1.165) is 0 Å². The molecule has 8 nitrogen and oxygen atoms in total. The molecule has 9 heteroatoms. The predicted octanol–water partition coefficient (Wildman–Crippen LogP) is 1.16. The van der Waals surface area contributed by atoms with Gasteiger partial charge >= 0.3 is 0 Å². The molecule has 0 aliphatic rings. The van der Waals surface area contributed by atoms with Crippen LogP contribution in [-0.2, 0) is 6.54 Å². The third-order valence-electron chi connectivity index (χ3n) is 2.20. The third-order valence-corrected chi connectivity index (χ3v) is 3.06. The SMILES string of the molecule is NCc1nnc(NC(=O)c2ccc([N+](=O)[O-])cc2)s1. The Kier molecular flexibility index (Phi) is 3.78. The maximum absolute atomic E-state index is 11.8. The highest BCUT2D eigenvalue weighted by Crippen LogP contribution is 2.17. The number of nitrogens with zero attached hydrogens (tertiary/aromatic N) is 3. The Bertz CT molecular complexity index is 610. The number of amides is 1. The molecule has 0 spiro atoms. The zero-order chi connectivity index (χ0) is 13.8. The molecule has 1 aromatic heterocycles. The molecule has 0 atom stereocenters. The molecule has 19 heavy (non-hydrogen) atoms. The molecule has 1 amide bonds. The van der Waals surface area contributed by atoms with Gasteiger partial charge in [-0.2, -0.15) is 0 Å². The third kappa shape index (κ3) is 3.09. The highest BCUT2D eigenvalue weighted by atomic mass is 32.1. The number of nitro benzene ring substituents is 1. The second-order valence-electron chi connectivity index (χ2n) is 3.46. The second-order valence-corrected chi connectivity index (χ2v) is 4.53. The van der Waals surface area contributed by atoms with Gasteiger partial charge in [0.1, 0.15) is 5.01 Å². The van der Waals surface area contributed by atoms with Crippen molar-refractivity contribution in [2.45, 2.75) is 6.54 Å². The Labute approximate surface area is 111 Å². The number of non-ortho nitro benzene ring substituents is 1. The van der Waals surface area contributed by atoms with Crippen LogP contribution in [0, 0.1) is 10.1 Å². The fourth-order valence-corrected chi connectivity index (χ4v) is 1.90. The summed E-state index contributed by atoms with van der Waals surface area (Å²) in [7, 11) is 0. The van der Waals surface area contributed by atoms with Crippen molar-refractivity contribution in [1.29, 1.82) is 0 Å². The lowest BCUT2D eigenvalue weighted by molar-refractivity contribution is -0.384. The first-order valence-electron chi connectivity index (χ1n) is 5.18. The minimum atomic E-state index is -0.528. The zero-order valence-electron chi connectivity index (χ0n) is 9.57. The van der Waals surface area contributed by atoms with Crippen LogP contribution < -0.4 is 11.1 Å². The largest absolute Gasteiger partial charge is 0.324 e. The lowest BCUT2D eigenvalue weighted by Gasteiger charge is -2.00. The average molecular weight is 279 g/mol. The molecule has 1 aromatic carbocycles. The number of aromatic nitrogens is 2. The van der Waals surface area contributed by atoms with E-state index in [0.29, 0.717) is 15.7 Å². The summed E-state index contributed by atoms with van der Waals surface area (Å²) < 4.78 is 0. The molecule has 0 fully saturated rings. The molecule has 3 N–H and O–H groups in total. The maximum atomic E-state index is 11.8. The van der Waals surface area contributed by atoms with Crippen molar-refractivity contribution >= 4 is 28.1 Å². The Balaban J connectivity index is 2.09. The van der Waals surface area contributed by atoms with Gasteiger partial charge in [0.05, 0.1) is 4.92 Å². The molecule has 2 rings (SSSR count). The molecule has 0 saturated carbocycles. The molecule has 0 unspecified atom stereocenters. The van der Waals surface area contributed by atoms with Crippen molar-refractivity contribution in [1.82, 2.24) is 10.2 Å². The molecule has 0 saturated heterocycles. The van der Waals surface area contributed by atoms with E-state index in [1.807, 2.05) is 0 Å². The van der Waals surface area contributed by atoms with Crippen LogP contribution in [0.2, 0.25) is 0 Å². The summed E-state index contributed by atoms with van der Waals surface area (Å²) in [5.74, 6) is -0.408. The summed E-state index contributed by atoms with van der Waals surface area (Å²) in [5, 5.41) is 21.5. The number of hydrogen-bond donors (Lipinski definition) is 2. The molecular formula is C10H9N5O3S. The summed E-state index contributed by atoms with van der Waals surface area (Å²) in [6.07, 6.45) is 0. The van der Waals surface area contributed by atoms with Gasteiger partial charge < -0.3 is 5.73 Å². The molecule has 0 aliphatic heterocycles. The summed E-state index contributed by atoms with van der Waals surface area (Å²) >= 11 is 1.18. The zero-order valence-corrected chi connectivity index (χ0v) is 10.4. The maximum Gasteiger partial charge on any atom is 0.269 e. The number of nitro groups is 1. The van der Waals surface area contributed by atoms with Crippen molar-refractivity contribution in [3.8, 4) is 0 Å². The number of rotatable bonds is 4. The van der Waals surface area contributed by atoms with E-state index < -0.39 is 10.8 Å². The first kappa shape index (κ1) is 13.1. The minimum Gasteiger partial charge on any atom is -0.324 e. The summed E-state index contributed by atoms with van der Waals surface area (Å²) in [6, 6.07) is 5.28. The van der Waals surface area contributed by atoms with Gasteiger partial charge in [0.2, 0.25) is 5.13 Å². The van der Waals surface area contributed by atoms with Crippen molar-refractivity contribution in [3.63, 3.8) is 0 Å². The number of benzene rings is 1. The van der Waals surface area contributed by atoms with E-state index in [-0.39, 0.29) is 12.2 Å². The highest BCUT2D eigenvalue weighted by molar-refractivity contribution is 7.15. The highest BCUT2D eigenvalue weighted by Gasteiger charge is 2.11. The predicted molar refractivity (Wildman–Crippen MR) is 68.9 cm³/mol. The Morgan fingerprint density at radius 1 is 1.37 bits per heavy atom. The van der Waals surface area contributed by atoms with Gasteiger partial charge in [-0.25, -0.2) is 0 Å². The van der Waals surface area contributed by atoms with E-state index in [2.05, 4.69) is 15.5 Å². The topological polar surface area (TPSA) is 124 Å². The van der Waals surface area contributed by atoms with Crippen LogP contribution >= 0.6 is 11.3 Å². The number of anilines is 1. The fourth-order valence-electron chi connectivity index (χ4n) is 1.29. The molecule has 98 valence electrons. The molecule has 0 bridgehead atoms. The molecule has 0 aliphatic carbocycles. The van der Waals surface area contributed by atoms with Crippen molar-refractivity contribution in [2.24, 2.45) is 5.73 Å². The summed E-state index contributed by atoms with van der Waals surface area (Å²) in [4.78, 5) is 21.8. The van der Waals surface area contributed by atoms with Gasteiger partial charge in [0.25, 0.3) is 11.6 Å². The van der Waals surface area contributed by atoms with Gasteiger partial charge in [-0.3, -0.25) is 20.2 Å². The van der Waals surface area contributed by atoms with Crippen LogP contribution in [0.25, 0.3) is 0 Å². The van der Waals surface area contributed by atoms with Crippen LogP contribution in [-0.4, -0.2) is 21.0 Å². The smallest absolute Gasteiger partial charge is 0.269 e. The van der Waals surface area contributed by atoms with Crippen molar-refractivity contribution < 1.29 is 9.72 Å². The molecule has 1 heterocycles. The molecular weight excluding hydrogens is 270 g/mol. The lowest BCUT2D eigenvalue weighted by Crippen LogP contribution is -2.11. The van der Waals surface area contributed by atoms with Gasteiger partial charge in [-0.05, 0) is 12.1 Å². The first-order valence-corrected chi connectivity index (χ1v) is 6.00. The Morgan fingerprint density at radius 3 is 2.58 bits per heavy atom. The summed E-state index contributed by atoms with van der Waals surface area (Å²) in [6.45, 7) is 0.255. The number of nitrogens with one attached hydrogen (secondary N) is 1. The van der Waals surface area contributed by atoms with E-state index in [4.69, 9.17) is 5.73 Å². The van der Waals surface area contributed by atoms with E-state index in [1.165, 1.54) is 35.6 Å². The standard InChI is InChI=1S/C10H9N5O3S/c11-5-8-13-14-10(19-8)12-9(16)6-1-3-7(4-2-6)15(17)18/h1-4H,5,11H2,(H,12,14,16). The van der Waals surface area contributed by atoms with Crippen LogP contribution in [0.4, 0.5) is 10.8 Å². The average Bonchev–Trinajstić information content (AvgIpc) is 2.86. The van der Waals surface area contributed by atoms with Crippen molar-refractivity contribution in [2.75, 3.05) is 5.32 Å².